The van der Waals surface area contributed by atoms with Gasteiger partial charge in [0.05, 0.1) is 18.5 Å². The average Bonchev–Trinajstić information content (AvgIpc) is 3.01. The maximum Gasteiger partial charge on any atom is 0.305 e. The standard InChI is InChI=1S/C20H29N5O2.HI/c1-15-13-16(2)25(24-15)18-10-6-5-9-17(18)14-23-20(21-3)22-12-8-7-11-19(26)27-4;/h5-6,9-10,13H,7-8,11-12,14H2,1-4H3,(H2,21,22,23);1H. The Bertz CT molecular complexity index is 789. The van der Waals surface area contributed by atoms with E-state index in [2.05, 4.69) is 50.6 Å². The molecule has 2 rings (SSSR count). The Labute approximate surface area is 184 Å². The largest absolute Gasteiger partial charge is 0.469 e. The zero-order chi connectivity index (χ0) is 19.6. The third-order valence-corrected chi connectivity index (χ3v) is 4.23. The maximum atomic E-state index is 11.1. The maximum absolute atomic E-state index is 11.1. The van der Waals surface area contributed by atoms with E-state index in [1.165, 1.54) is 7.11 Å². The lowest BCUT2D eigenvalue weighted by molar-refractivity contribution is -0.140. The van der Waals surface area contributed by atoms with E-state index >= 15 is 0 Å². The number of halogens is 1. The van der Waals surface area contributed by atoms with E-state index in [0.717, 1.165) is 48.0 Å². The second-order valence-corrected chi connectivity index (χ2v) is 6.35. The van der Waals surface area contributed by atoms with Crippen molar-refractivity contribution < 1.29 is 9.53 Å². The normalized spacial score (nSPS) is 10.9. The molecule has 8 heteroatoms. The molecule has 1 aromatic heterocycles. The number of hydrogen-bond acceptors (Lipinski definition) is 4. The van der Waals surface area contributed by atoms with Crippen molar-refractivity contribution in [3.63, 3.8) is 0 Å². The number of carbonyl (C=O) groups is 1. The third kappa shape index (κ3) is 7.14. The number of esters is 1. The smallest absolute Gasteiger partial charge is 0.305 e. The van der Waals surface area contributed by atoms with Crippen LogP contribution < -0.4 is 10.6 Å². The first-order chi connectivity index (χ1) is 13.0. The molecular formula is C20H30IN5O2. The highest BCUT2D eigenvalue weighted by Crippen LogP contribution is 2.16. The number of aryl methyl sites for hydroxylation is 2. The van der Waals surface area contributed by atoms with Crippen LogP contribution in [0.4, 0.5) is 0 Å². The van der Waals surface area contributed by atoms with E-state index < -0.39 is 0 Å². The predicted molar refractivity (Wildman–Crippen MR) is 123 cm³/mol. The summed E-state index contributed by atoms with van der Waals surface area (Å²) < 4.78 is 6.61. The van der Waals surface area contributed by atoms with Gasteiger partial charge in [0.1, 0.15) is 0 Å². The van der Waals surface area contributed by atoms with Crippen LogP contribution in [-0.2, 0) is 16.1 Å². The fraction of sp³-hybridized carbons (Fsp3) is 0.450. The first-order valence-electron chi connectivity index (χ1n) is 9.18. The van der Waals surface area contributed by atoms with Crippen LogP contribution in [0, 0.1) is 13.8 Å². The second kappa shape index (κ2) is 12.4. The molecule has 0 spiro atoms. The molecule has 154 valence electrons. The van der Waals surface area contributed by atoms with E-state index in [4.69, 9.17) is 0 Å². The molecule has 0 unspecified atom stereocenters. The predicted octanol–water partition coefficient (Wildman–Crippen LogP) is 3.12. The quantitative estimate of drug-likeness (QED) is 0.192. The molecule has 2 N–H and O–H groups in total. The molecule has 0 saturated carbocycles. The van der Waals surface area contributed by atoms with Crippen molar-refractivity contribution in [3.05, 3.63) is 47.3 Å². The van der Waals surface area contributed by atoms with Gasteiger partial charge in [0.2, 0.25) is 0 Å². The number of nitrogens with zero attached hydrogens (tertiary/aromatic N) is 3. The Kier molecular flexibility index (Phi) is 10.6. The van der Waals surface area contributed by atoms with Crippen molar-refractivity contribution >= 4 is 35.9 Å². The fourth-order valence-corrected chi connectivity index (χ4v) is 2.84. The molecule has 0 fully saturated rings. The molecular weight excluding hydrogens is 469 g/mol. The van der Waals surface area contributed by atoms with Gasteiger partial charge < -0.3 is 15.4 Å². The minimum Gasteiger partial charge on any atom is -0.469 e. The Morgan fingerprint density at radius 2 is 1.96 bits per heavy atom. The molecule has 2 aromatic rings. The SMILES string of the molecule is CN=C(NCCCCC(=O)OC)NCc1ccccc1-n1nc(C)cc1C.I. The first-order valence-corrected chi connectivity index (χ1v) is 9.18. The molecule has 0 amide bonds. The van der Waals surface area contributed by atoms with Gasteiger partial charge in [-0.05, 0) is 44.4 Å². The summed E-state index contributed by atoms with van der Waals surface area (Å²) in [5.74, 6) is 0.564. The molecule has 1 aromatic carbocycles. The van der Waals surface area contributed by atoms with Crippen LogP contribution in [0.2, 0.25) is 0 Å². The summed E-state index contributed by atoms with van der Waals surface area (Å²) in [6.07, 6.45) is 2.11. The van der Waals surface area contributed by atoms with Crippen molar-refractivity contribution in [2.45, 2.75) is 39.7 Å². The van der Waals surface area contributed by atoms with Gasteiger partial charge in [0.15, 0.2) is 5.96 Å². The van der Waals surface area contributed by atoms with Crippen LogP contribution >= 0.6 is 24.0 Å². The molecule has 0 radical (unpaired) electrons. The molecule has 0 aliphatic heterocycles. The number of methoxy groups -OCH3 is 1. The minimum atomic E-state index is -0.168. The topological polar surface area (TPSA) is 80.5 Å². The molecule has 0 bridgehead atoms. The van der Waals surface area contributed by atoms with Crippen LogP contribution in [0.5, 0.6) is 0 Å². The molecule has 0 aliphatic carbocycles. The highest BCUT2D eigenvalue weighted by atomic mass is 127. The second-order valence-electron chi connectivity index (χ2n) is 6.35. The number of aliphatic imine (C=N–C) groups is 1. The highest BCUT2D eigenvalue weighted by Gasteiger charge is 2.09. The number of unbranched alkanes of at least 4 members (excludes halogenated alkanes) is 1. The Balaban J connectivity index is 0.00000392. The number of benzene rings is 1. The van der Waals surface area contributed by atoms with Crippen molar-refractivity contribution in [2.75, 3.05) is 20.7 Å². The Morgan fingerprint density at radius 3 is 2.61 bits per heavy atom. The van der Waals surface area contributed by atoms with E-state index in [0.29, 0.717) is 13.0 Å². The van der Waals surface area contributed by atoms with E-state index in [1.54, 1.807) is 7.05 Å². The first kappa shape index (κ1) is 23.9. The molecule has 1 heterocycles. The lowest BCUT2D eigenvalue weighted by atomic mass is 10.1. The molecule has 0 saturated heterocycles. The number of rotatable bonds is 8. The van der Waals surface area contributed by atoms with Gasteiger partial charge in [-0.25, -0.2) is 4.68 Å². The summed E-state index contributed by atoms with van der Waals surface area (Å²) in [7, 11) is 3.16. The fourth-order valence-electron chi connectivity index (χ4n) is 2.84. The zero-order valence-corrected chi connectivity index (χ0v) is 19.3. The van der Waals surface area contributed by atoms with Gasteiger partial charge in [-0.3, -0.25) is 9.79 Å². The van der Waals surface area contributed by atoms with Crippen molar-refractivity contribution in [2.24, 2.45) is 4.99 Å². The van der Waals surface area contributed by atoms with Gasteiger partial charge in [0, 0.05) is 32.3 Å². The summed E-state index contributed by atoms with van der Waals surface area (Å²) in [5.41, 5.74) is 4.30. The molecule has 7 nitrogen and oxygen atoms in total. The van der Waals surface area contributed by atoms with E-state index in [9.17, 15) is 4.79 Å². The van der Waals surface area contributed by atoms with Crippen LogP contribution in [0.3, 0.4) is 0 Å². The lowest BCUT2D eigenvalue weighted by Crippen LogP contribution is -2.37. The summed E-state index contributed by atoms with van der Waals surface area (Å²) in [6.45, 7) is 5.43. The summed E-state index contributed by atoms with van der Waals surface area (Å²) in [6, 6.07) is 10.3. The Morgan fingerprint density at radius 1 is 1.21 bits per heavy atom. The summed E-state index contributed by atoms with van der Waals surface area (Å²) >= 11 is 0. The summed E-state index contributed by atoms with van der Waals surface area (Å²) in [5, 5.41) is 11.2. The number of nitrogens with one attached hydrogen (secondary N) is 2. The van der Waals surface area contributed by atoms with Crippen molar-refractivity contribution in [3.8, 4) is 5.69 Å². The zero-order valence-electron chi connectivity index (χ0n) is 17.0. The van der Waals surface area contributed by atoms with Crippen LogP contribution in [0.1, 0.15) is 36.2 Å². The molecule has 28 heavy (non-hydrogen) atoms. The number of ether oxygens (including phenoxy) is 1. The van der Waals surface area contributed by atoms with Gasteiger partial charge >= 0.3 is 5.97 Å². The summed E-state index contributed by atoms with van der Waals surface area (Å²) in [4.78, 5) is 15.4. The van der Waals surface area contributed by atoms with E-state index in [1.807, 2.05) is 23.7 Å². The number of hydrogen-bond donors (Lipinski definition) is 2. The number of carbonyl (C=O) groups excluding carboxylic acids is 1. The molecule has 0 aliphatic rings. The van der Waals surface area contributed by atoms with Crippen molar-refractivity contribution in [1.82, 2.24) is 20.4 Å². The number of guanidine groups is 1. The number of aromatic nitrogens is 2. The van der Waals surface area contributed by atoms with E-state index in [-0.39, 0.29) is 29.9 Å². The van der Waals surface area contributed by atoms with Gasteiger partial charge in [-0.15, -0.1) is 24.0 Å². The monoisotopic (exact) mass is 499 g/mol. The lowest BCUT2D eigenvalue weighted by Gasteiger charge is -2.15. The van der Waals surface area contributed by atoms with Crippen LogP contribution in [0.25, 0.3) is 5.69 Å². The van der Waals surface area contributed by atoms with Crippen molar-refractivity contribution in [1.29, 1.82) is 0 Å². The van der Waals surface area contributed by atoms with Gasteiger partial charge in [0.25, 0.3) is 0 Å². The minimum absolute atomic E-state index is 0. The van der Waals surface area contributed by atoms with Crippen LogP contribution in [-0.4, -0.2) is 42.4 Å². The third-order valence-electron chi connectivity index (χ3n) is 4.23. The Hall–Kier alpha value is -2.10. The number of para-hydroxylation sites is 1. The highest BCUT2D eigenvalue weighted by molar-refractivity contribution is 14.0. The van der Waals surface area contributed by atoms with Gasteiger partial charge in [-0.2, -0.15) is 5.10 Å². The van der Waals surface area contributed by atoms with Crippen LogP contribution in [0.15, 0.2) is 35.3 Å². The van der Waals surface area contributed by atoms with Gasteiger partial charge in [-0.1, -0.05) is 18.2 Å². The average molecular weight is 499 g/mol. The molecule has 0 atom stereocenters.